The van der Waals surface area contributed by atoms with Crippen LogP contribution in [0.15, 0.2) is 10.6 Å². The smallest absolute Gasteiger partial charge is 0.307 e. The van der Waals surface area contributed by atoms with E-state index in [0.717, 1.165) is 0 Å². The number of esters is 1. The SMILES string of the molecule is CCOC(=O)CCN(C)CC(=O)Nc1cc(C)no1. The van der Waals surface area contributed by atoms with Gasteiger partial charge in [0.1, 0.15) is 0 Å². The Kier molecular flexibility index (Phi) is 6.01. The number of anilines is 1. The predicted molar refractivity (Wildman–Crippen MR) is 68.6 cm³/mol. The zero-order chi connectivity index (χ0) is 14.3. The lowest BCUT2D eigenvalue weighted by Crippen LogP contribution is -2.31. The summed E-state index contributed by atoms with van der Waals surface area (Å²) in [5, 5.41) is 6.24. The summed E-state index contributed by atoms with van der Waals surface area (Å²) in [7, 11) is 1.75. The van der Waals surface area contributed by atoms with Crippen LogP contribution in [0.25, 0.3) is 0 Å². The second-order valence-electron chi connectivity index (χ2n) is 4.17. The molecule has 0 radical (unpaired) electrons. The molecule has 1 rings (SSSR count). The van der Waals surface area contributed by atoms with E-state index < -0.39 is 0 Å². The Hall–Kier alpha value is -1.89. The maximum absolute atomic E-state index is 11.6. The average molecular weight is 269 g/mol. The standard InChI is InChI=1S/C12H19N3O4/c1-4-18-12(17)5-6-15(3)8-10(16)13-11-7-9(2)14-19-11/h7H,4-6,8H2,1-3H3,(H,13,16). The van der Waals surface area contributed by atoms with Gasteiger partial charge in [-0.3, -0.25) is 19.8 Å². The minimum atomic E-state index is -0.263. The lowest BCUT2D eigenvalue weighted by Gasteiger charge is -2.14. The van der Waals surface area contributed by atoms with Crippen molar-refractivity contribution in [3.05, 3.63) is 11.8 Å². The lowest BCUT2D eigenvalue weighted by atomic mass is 10.4. The molecular formula is C12H19N3O4. The molecule has 0 aliphatic heterocycles. The fourth-order valence-electron chi connectivity index (χ4n) is 1.44. The van der Waals surface area contributed by atoms with Gasteiger partial charge in [-0.15, -0.1) is 0 Å². The van der Waals surface area contributed by atoms with E-state index in [2.05, 4.69) is 10.5 Å². The lowest BCUT2D eigenvalue weighted by molar-refractivity contribution is -0.143. The largest absolute Gasteiger partial charge is 0.466 e. The van der Waals surface area contributed by atoms with E-state index in [1.165, 1.54) is 0 Å². The number of hydrogen-bond donors (Lipinski definition) is 1. The van der Waals surface area contributed by atoms with Gasteiger partial charge < -0.3 is 9.26 Å². The second-order valence-corrected chi connectivity index (χ2v) is 4.17. The van der Waals surface area contributed by atoms with Crippen LogP contribution in [0.3, 0.4) is 0 Å². The van der Waals surface area contributed by atoms with Crippen LogP contribution in [0.2, 0.25) is 0 Å². The van der Waals surface area contributed by atoms with Crippen LogP contribution in [0, 0.1) is 6.92 Å². The van der Waals surface area contributed by atoms with Gasteiger partial charge in [-0.25, -0.2) is 0 Å². The topological polar surface area (TPSA) is 84.7 Å². The molecule has 0 atom stereocenters. The highest BCUT2D eigenvalue weighted by Gasteiger charge is 2.11. The zero-order valence-electron chi connectivity index (χ0n) is 11.4. The molecule has 1 aromatic heterocycles. The first-order chi connectivity index (χ1) is 9.01. The Morgan fingerprint density at radius 1 is 1.53 bits per heavy atom. The van der Waals surface area contributed by atoms with Crippen molar-refractivity contribution in [2.45, 2.75) is 20.3 Å². The highest BCUT2D eigenvalue weighted by molar-refractivity contribution is 5.90. The van der Waals surface area contributed by atoms with Gasteiger partial charge in [0.15, 0.2) is 0 Å². The Morgan fingerprint density at radius 2 is 2.26 bits per heavy atom. The molecule has 1 amide bonds. The number of carbonyl (C=O) groups is 2. The van der Waals surface area contributed by atoms with Gasteiger partial charge in [-0.1, -0.05) is 5.16 Å². The van der Waals surface area contributed by atoms with Crippen LogP contribution in [0.1, 0.15) is 19.0 Å². The minimum Gasteiger partial charge on any atom is -0.466 e. The van der Waals surface area contributed by atoms with E-state index in [0.29, 0.717) is 24.7 Å². The summed E-state index contributed by atoms with van der Waals surface area (Å²) in [4.78, 5) is 24.5. The normalized spacial score (nSPS) is 10.5. The number of nitrogens with zero attached hydrogens (tertiary/aromatic N) is 2. The van der Waals surface area contributed by atoms with Crippen molar-refractivity contribution < 1.29 is 18.8 Å². The molecule has 1 heterocycles. The Labute approximate surface area is 111 Å². The van der Waals surface area contributed by atoms with Crippen LogP contribution in [-0.2, 0) is 14.3 Å². The summed E-state index contributed by atoms with van der Waals surface area (Å²) >= 11 is 0. The molecule has 0 saturated heterocycles. The highest BCUT2D eigenvalue weighted by Crippen LogP contribution is 2.07. The van der Waals surface area contributed by atoms with Gasteiger partial charge in [-0.2, -0.15) is 0 Å². The summed E-state index contributed by atoms with van der Waals surface area (Å²) in [5.74, 6) is -0.163. The molecule has 1 N–H and O–H groups in total. The molecule has 1 aromatic rings. The first kappa shape index (κ1) is 15.2. The first-order valence-electron chi connectivity index (χ1n) is 6.08. The summed E-state index contributed by atoms with van der Waals surface area (Å²) in [6, 6.07) is 1.64. The fourth-order valence-corrected chi connectivity index (χ4v) is 1.44. The molecule has 0 spiro atoms. The molecule has 7 heteroatoms. The zero-order valence-corrected chi connectivity index (χ0v) is 11.4. The summed E-state index contributed by atoms with van der Waals surface area (Å²) in [6.45, 7) is 4.52. The van der Waals surface area contributed by atoms with Crippen LogP contribution in [-0.4, -0.2) is 48.7 Å². The van der Waals surface area contributed by atoms with Gasteiger partial charge in [-0.05, 0) is 20.9 Å². The molecule has 0 saturated carbocycles. The average Bonchev–Trinajstić information content (AvgIpc) is 2.72. The maximum Gasteiger partial charge on any atom is 0.307 e. The van der Waals surface area contributed by atoms with E-state index in [4.69, 9.17) is 9.26 Å². The molecule has 0 fully saturated rings. The summed E-state index contributed by atoms with van der Waals surface area (Å²) in [5.41, 5.74) is 0.700. The number of nitrogens with one attached hydrogen (secondary N) is 1. The first-order valence-corrected chi connectivity index (χ1v) is 6.08. The number of ether oxygens (including phenoxy) is 1. The van der Waals surface area contributed by atoms with Gasteiger partial charge in [0, 0.05) is 12.6 Å². The molecule has 0 aromatic carbocycles. The van der Waals surface area contributed by atoms with Crippen molar-refractivity contribution >= 4 is 17.8 Å². The van der Waals surface area contributed by atoms with E-state index >= 15 is 0 Å². The van der Waals surface area contributed by atoms with Crippen LogP contribution < -0.4 is 5.32 Å². The molecule has 0 unspecified atom stereocenters. The van der Waals surface area contributed by atoms with E-state index in [9.17, 15) is 9.59 Å². The van der Waals surface area contributed by atoms with E-state index in [1.807, 2.05) is 0 Å². The Bertz CT molecular complexity index is 430. The maximum atomic E-state index is 11.6. The summed E-state index contributed by atoms with van der Waals surface area (Å²) in [6.07, 6.45) is 0.263. The van der Waals surface area contributed by atoms with Crippen molar-refractivity contribution in [2.75, 3.05) is 32.1 Å². The number of aryl methyl sites for hydroxylation is 1. The van der Waals surface area contributed by atoms with Crippen LogP contribution in [0.5, 0.6) is 0 Å². The molecule has 0 aliphatic rings. The monoisotopic (exact) mass is 269 g/mol. The predicted octanol–water partition coefficient (Wildman–Crippen LogP) is 0.807. The van der Waals surface area contributed by atoms with Gasteiger partial charge in [0.05, 0.1) is 25.3 Å². The third-order valence-electron chi connectivity index (χ3n) is 2.31. The number of likely N-dealkylation sites (N-methyl/N-ethyl adjacent to an activating group) is 1. The van der Waals surface area contributed by atoms with Crippen molar-refractivity contribution in [1.82, 2.24) is 10.1 Å². The molecule has 0 bridgehead atoms. The second kappa shape index (κ2) is 7.52. The van der Waals surface area contributed by atoms with Crippen LogP contribution in [0.4, 0.5) is 5.88 Å². The number of rotatable bonds is 7. The minimum absolute atomic E-state index is 0.166. The van der Waals surface area contributed by atoms with Gasteiger partial charge in [0.2, 0.25) is 11.8 Å². The van der Waals surface area contributed by atoms with Gasteiger partial charge >= 0.3 is 5.97 Å². The third-order valence-corrected chi connectivity index (χ3v) is 2.31. The number of carbonyl (C=O) groups excluding carboxylic acids is 2. The fraction of sp³-hybridized carbons (Fsp3) is 0.583. The van der Waals surface area contributed by atoms with Crippen molar-refractivity contribution in [2.24, 2.45) is 0 Å². The molecule has 19 heavy (non-hydrogen) atoms. The Balaban J connectivity index is 2.26. The van der Waals surface area contributed by atoms with E-state index in [1.54, 1.807) is 31.9 Å². The van der Waals surface area contributed by atoms with Crippen LogP contribution >= 0.6 is 0 Å². The third kappa shape index (κ3) is 6.01. The number of hydrogen-bond acceptors (Lipinski definition) is 6. The van der Waals surface area contributed by atoms with Crippen molar-refractivity contribution in [3.63, 3.8) is 0 Å². The molecule has 0 aliphatic carbocycles. The highest BCUT2D eigenvalue weighted by atomic mass is 16.5. The number of amides is 1. The molecular weight excluding hydrogens is 250 g/mol. The van der Waals surface area contributed by atoms with E-state index in [-0.39, 0.29) is 24.8 Å². The molecule has 106 valence electrons. The van der Waals surface area contributed by atoms with Gasteiger partial charge in [0.25, 0.3) is 0 Å². The van der Waals surface area contributed by atoms with Crippen molar-refractivity contribution in [1.29, 1.82) is 0 Å². The number of aromatic nitrogens is 1. The summed E-state index contributed by atoms with van der Waals surface area (Å²) < 4.78 is 9.68. The Morgan fingerprint density at radius 3 is 2.84 bits per heavy atom. The molecule has 7 nitrogen and oxygen atoms in total. The van der Waals surface area contributed by atoms with Crippen molar-refractivity contribution in [3.8, 4) is 0 Å². The quantitative estimate of drug-likeness (QED) is 0.737.